The van der Waals surface area contributed by atoms with E-state index in [0.717, 1.165) is 5.56 Å². The maximum atomic E-state index is 13.1. The van der Waals surface area contributed by atoms with Crippen molar-refractivity contribution in [2.45, 2.75) is 26.3 Å². The third-order valence-electron chi connectivity index (χ3n) is 5.31. The van der Waals surface area contributed by atoms with E-state index < -0.39 is 6.04 Å². The van der Waals surface area contributed by atoms with Crippen molar-refractivity contribution in [2.75, 3.05) is 13.1 Å². The number of carbonyl (C=O) groups excluding carboxylic acids is 2. The van der Waals surface area contributed by atoms with Gasteiger partial charge in [0.1, 0.15) is 11.6 Å². The zero-order chi connectivity index (χ0) is 22.1. The fourth-order valence-corrected chi connectivity index (χ4v) is 3.65. The fourth-order valence-electron chi connectivity index (χ4n) is 3.65. The Bertz CT molecular complexity index is 1170. The predicted octanol–water partition coefficient (Wildman–Crippen LogP) is 1.48. The van der Waals surface area contributed by atoms with E-state index in [1.807, 2.05) is 27.1 Å². The van der Waals surface area contributed by atoms with Crippen LogP contribution < -0.4 is 5.32 Å². The first-order chi connectivity index (χ1) is 14.9. The van der Waals surface area contributed by atoms with Gasteiger partial charge in [-0.1, -0.05) is 13.8 Å². The largest absolute Gasteiger partial charge is 0.344 e. The number of carbonyl (C=O) groups is 2. The number of amides is 2. The number of nitriles is 1. The molecular formula is C21H24N8O2. The molecule has 1 aliphatic rings. The van der Waals surface area contributed by atoms with E-state index >= 15 is 0 Å². The van der Waals surface area contributed by atoms with Gasteiger partial charge in [-0.25, -0.2) is 9.97 Å². The van der Waals surface area contributed by atoms with E-state index in [1.54, 1.807) is 28.2 Å². The van der Waals surface area contributed by atoms with E-state index in [-0.39, 0.29) is 23.7 Å². The number of hydrogen-bond donors (Lipinski definition) is 2. The van der Waals surface area contributed by atoms with E-state index in [2.05, 4.69) is 31.4 Å². The molecule has 0 bridgehead atoms. The number of nitrogens with zero attached hydrogens (tertiary/aromatic N) is 6. The SMILES string of the molecule is CC(C)C[C@@H](NC(=O)c1c[nH]c2ncc(-c3cnn(C)c3)nc12)C(=O)N1CC(C#N)C1. The third kappa shape index (κ3) is 4.12. The van der Waals surface area contributed by atoms with Gasteiger partial charge in [0.2, 0.25) is 5.91 Å². The van der Waals surface area contributed by atoms with E-state index in [0.29, 0.717) is 41.9 Å². The van der Waals surface area contributed by atoms with Crippen LogP contribution in [-0.4, -0.2) is 60.6 Å². The van der Waals surface area contributed by atoms with Crippen LogP contribution in [0.15, 0.2) is 24.8 Å². The average molecular weight is 420 g/mol. The van der Waals surface area contributed by atoms with Gasteiger partial charge in [0, 0.05) is 38.1 Å². The molecule has 1 atom stereocenters. The lowest BCUT2D eigenvalue weighted by atomic mass is 9.97. The van der Waals surface area contributed by atoms with Gasteiger partial charge in [-0.3, -0.25) is 14.3 Å². The molecule has 10 nitrogen and oxygen atoms in total. The van der Waals surface area contributed by atoms with Crippen LogP contribution in [0.4, 0.5) is 0 Å². The van der Waals surface area contributed by atoms with Crippen LogP contribution in [0, 0.1) is 23.2 Å². The number of hydrogen-bond acceptors (Lipinski definition) is 6. The minimum Gasteiger partial charge on any atom is -0.344 e. The zero-order valence-corrected chi connectivity index (χ0v) is 17.7. The summed E-state index contributed by atoms with van der Waals surface area (Å²) in [5, 5.41) is 16.0. The molecule has 2 amide bonds. The van der Waals surface area contributed by atoms with Crippen molar-refractivity contribution in [1.29, 1.82) is 5.26 Å². The Labute approximate surface area is 179 Å². The van der Waals surface area contributed by atoms with Gasteiger partial charge in [-0.05, 0) is 12.3 Å². The van der Waals surface area contributed by atoms with Crippen LogP contribution in [0.3, 0.4) is 0 Å². The monoisotopic (exact) mass is 420 g/mol. The fraction of sp³-hybridized carbons (Fsp3) is 0.429. The van der Waals surface area contributed by atoms with Crippen LogP contribution in [0.5, 0.6) is 0 Å². The molecule has 160 valence electrons. The standard InChI is InChI=1S/C21H24N8O2/c1-12(2)4-16(21(31)29-9-13(5-22)10-29)27-20(30)15-7-23-19-18(15)26-17(8-24-19)14-6-25-28(3)11-14/h6-8,11-13,16H,4,9-10H2,1-3H3,(H,23,24)(H,27,30)/t16-/m1/s1. The van der Waals surface area contributed by atoms with Crippen molar-refractivity contribution in [3.8, 4) is 17.3 Å². The first kappa shape index (κ1) is 20.5. The van der Waals surface area contributed by atoms with Gasteiger partial charge in [0.05, 0.1) is 35.6 Å². The first-order valence-electron chi connectivity index (χ1n) is 10.2. The summed E-state index contributed by atoms with van der Waals surface area (Å²) >= 11 is 0. The van der Waals surface area contributed by atoms with Gasteiger partial charge in [0.15, 0.2) is 5.65 Å². The number of aryl methyl sites for hydroxylation is 1. The van der Waals surface area contributed by atoms with E-state index in [9.17, 15) is 9.59 Å². The van der Waals surface area contributed by atoms with Crippen molar-refractivity contribution >= 4 is 23.0 Å². The van der Waals surface area contributed by atoms with E-state index in [4.69, 9.17) is 5.26 Å². The van der Waals surface area contributed by atoms with Crippen LogP contribution in [0.1, 0.15) is 30.6 Å². The molecule has 0 aromatic carbocycles. The zero-order valence-electron chi connectivity index (χ0n) is 17.7. The highest BCUT2D eigenvalue weighted by atomic mass is 16.2. The second-order valence-electron chi connectivity index (χ2n) is 8.28. The van der Waals surface area contributed by atoms with E-state index in [1.165, 1.54) is 0 Å². The quantitative estimate of drug-likeness (QED) is 0.621. The predicted molar refractivity (Wildman–Crippen MR) is 112 cm³/mol. The summed E-state index contributed by atoms with van der Waals surface area (Å²) in [6, 6.07) is 1.50. The first-order valence-corrected chi connectivity index (χ1v) is 10.2. The summed E-state index contributed by atoms with van der Waals surface area (Å²) in [6.07, 6.45) is 7.19. The summed E-state index contributed by atoms with van der Waals surface area (Å²) in [7, 11) is 1.81. The summed E-state index contributed by atoms with van der Waals surface area (Å²) in [5.41, 5.74) is 2.65. The van der Waals surface area contributed by atoms with Crippen LogP contribution in [0.2, 0.25) is 0 Å². The molecule has 1 aliphatic heterocycles. The smallest absolute Gasteiger partial charge is 0.255 e. The molecule has 0 saturated carbocycles. The Hall–Kier alpha value is -3.74. The molecule has 0 aliphatic carbocycles. The highest BCUT2D eigenvalue weighted by Crippen LogP contribution is 2.22. The van der Waals surface area contributed by atoms with Crippen LogP contribution in [-0.2, 0) is 11.8 Å². The molecule has 0 radical (unpaired) electrons. The summed E-state index contributed by atoms with van der Waals surface area (Å²) in [4.78, 5) is 39.5. The lowest BCUT2D eigenvalue weighted by molar-refractivity contribution is -0.138. The number of rotatable bonds is 6. The summed E-state index contributed by atoms with van der Waals surface area (Å²) < 4.78 is 1.67. The van der Waals surface area contributed by atoms with Gasteiger partial charge < -0.3 is 15.2 Å². The van der Waals surface area contributed by atoms with Crippen LogP contribution >= 0.6 is 0 Å². The Morgan fingerprint density at radius 2 is 2.13 bits per heavy atom. The molecule has 31 heavy (non-hydrogen) atoms. The Morgan fingerprint density at radius 3 is 2.77 bits per heavy atom. The summed E-state index contributed by atoms with van der Waals surface area (Å²) in [5.74, 6) is -0.466. The average Bonchev–Trinajstić information content (AvgIpc) is 3.31. The van der Waals surface area contributed by atoms with Crippen molar-refractivity contribution in [1.82, 2.24) is 34.9 Å². The normalized spacial score (nSPS) is 15.0. The second-order valence-corrected chi connectivity index (χ2v) is 8.28. The maximum Gasteiger partial charge on any atom is 0.255 e. The number of H-pyrrole nitrogens is 1. The molecule has 2 N–H and O–H groups in total. The number of fused-ring (bicyclic) bond motifs is 1. The lowest BCUT2D eigenvalue weighted by Crippen LogP contribution is -2.57. The Kier molecular flexibility index (Phi) is 5.42. The minimum atomic E-state index is -0.661. The van der Waals surface area contributed by atoms with Crippen molar-refractivity contribution in [3.05, 3.63) is 30.4 Å². The molecule has 0 spiro atoms. The number of likely N-dealkylation sites (tertiary alicyclic amines) is 1. The van der Waals surface area contributed by atoms with Crippen molar-refractivity contribution in [3.63, 3.8) is 0 Å². The van der Waals surface area contributed by atoms with Gasteiger partial charge in [0.25, 0.3) is 5.91 Å². The molecule has 0 unspecified atom stereocenters. The minimum absolute atomic E-state index is 0.130. The molecular weight excluding hydrogens is 396 g/mol. The highest BCUT2D eigenvalue weighted by molar-refractivity contribution is 6.06. The molecule has 4 rings (SSSR count). The summed E-state index contributed by atoms with van der Waals surface area (Å²) in [6.45, 7) is 4.82. The van der Waals surface area contributed by atoms with Gasteiger partial charge in [-0.15, -0.1) is 0 Å². The number of nitrogens with one attached hydrogen (secondary N) is 2. The molecule has 4 heterocycles. The Balaban J connectivity index is 1.57. The molecule has 1 fully saturated rings. The molecule has 3 aromatic rings. The highest BCUT2D eigenvalue weighted by Gasteiger charge is 2.35. The lowest BCUT2D eigenvalue weighted by Gasteiger charge is -2.38. The van der Waals surface area contributed by atoms with Crippen molar-refractivity contribution in [2.24, 2.45) is 18.9 Å². The third-order valence-corrected chi connectivity index (χ3v) is 5.31. The number of aromatic nitrogens is 5. The maximum absolute atomic E-state index is 13.1. The van der Waals surface area contributed by atoms with Gasteiger partial charge >= 0.3 is 0 Å². The Morgan fingerprint density at radius 1 is 1.35 bits per heavy atom. The molecule has 3 aromatic heterocycles. The van der Waals surface area contributed by atoms with Gasteiger partial charge in [-0.2, -0.15) is 10.4 Å². The van der Waals surface area contributed by atoms with Crippen LogP contribution in [0.25, 0.3) is 22.4 Å². The topological polar surface area (TPSA) is 133 Å². The molecule has 10 heteroatoms. The molecule has 1 saturated heterocycles. The van der Waals surface area contributed by atoms with Crippen molar-refractivity contribution < 1.29 is 9.59 Å². The second kappa shape index (κ2) is 8.18. The number of aromatic amines is 1.